The summed E-state index contributed by atoms with van der Waals surface area (Å²) in [5, 5.41) is 12.8. The molecule has 0 radical (unpaired) electrons. The summed E-state index contributed by atoms with van der Waals surface area (Å²) in [6.45, 7) is 5.13. The van der Waals surface area contributed by atoms with E-state index < -0.39 is 0 Å². The van der Waals surface area contributed by atoms with Crippen molar-refractivity contribution in [1.29, 1.82) is 0 Å². The van der Waals surface area contributed by atoms with Gasteiger partial charge in [-0.1, -0.05) is 25.1 Å². The Morgan fingerprint density at radius 1 is 1.44 bits per heavy atom. The maximum atomic E-state index is 5.41. The minimum atomic E-state index is 0.589. The lowest BCUT2D eigenvalue weighted by atomic mass is 10.2. The van der Waals surface area contributed by atoms with Gasteiger partial charge in [0.25, 0.3) is 5.22 Å². The van der Waals surface area contributed by atoms with Crippen molar-refractivity contribution in [3.63, 3.8) is 0 Å². The van der Waals surface area contributed by atoms with Gasteiger partial charge in [-0.05, 0) is 25.8 Å². The molecule has 1 aliphatic carbocycles. The second-order valence-corrected chi connectivity index (χ2v) is 5.43. The molecule has 2 unspecified atom stereocenters. The highest BCUT2D eigenvalue weighted by Crippen LogP contribution is 2.34. The van der Waals surface area contributed by atoms with Crippen LogP contribution in [-0.4, -0.2) is 28.0 Å². The monoisotopic (exact) mass is 241 g/mol. The highest BCUT2D eigenvalue weighted by Gasteiger charge is 2.28. The molecule has 0 spiro atoms. The molecule has 4 nitrogen and oxygen atoms in total. The van der Waals surface area contributed by atoms with Crippen LogP contribution in [0, 0.1) is 6.92 Å². The van der Waals surface area contributed by atoms with Crippen LogP contribution >= 0.6 is 11.8 Å². The first-order valence-corrected chi connectivity index (χ1v) is 6.87. The van der Waals surface area contributed by atoms with Crippen LogP contribution in [0.25, 0.3) is 0 Å². The molecule has 2 atom stereocenters. The molecule has 1 heterocycles. The first kappa shape index (κ1) is 11.9. The molecule has 5 heteroatoms. The summed E-state index contributed by atoms with van der Waals surface area (Å²) >= 11 is 1.73. The Bertz CT molecular complexity index is 329. The molecule has 1 aromatic heterocycles. The largest absolute Gasteiger partial charge is 0.416 e. The molecule has 0 aliphatic heterocycles. The lowest BCUT2D eigenvalue weighted by molar-refractivity contribution is 0.426. The van der Waals surface area contributed by atoms with Crippen molar-refractivity contribution in [2.45, 2.75) is 56.0 Å². The molecular formula is C11H19N3OS. The fraction of sp³-hybridized carbons (Fsp3) is 0.818. The van der Waals surface area contributed by atoms with E-state index in [0.29, 0.717) is 22.4 Å². The molecule has 1 saturated carbocycles. The highest BCUT2D eigenvalue weighted by atomic mass is 32.2. The molecule has 1 fully saturated rings. The van der Waals surface area contributed by atoms with Gasteiger partial charge in [0.2, 0.25) is 5.89 Å². The minimum absolute atomic E-state index is 0.589. The average molecular weight is 241 g/mol. The van der Waals surface area contributed by atoms with E-state index in [1.165, 1.54) is 25.7 Å². The maximum absolute atomic E-state index is 5.41. The lowest BCUT2D eigenvalue weighted by Gasteiger charge is -2.18. The van der Waals surface area contributed by atoms with Crippen LogP contribution in [0.15, 0.2) is 9.64 Å². The zero-order valence-corrected chi connectivity index (χ0v) is 10.7. The van der Waals surface area contributed by atoms with Gasteiger partial charge in [-0.15, -0.1) is 10.2 Å². The SMILES string of the molecule is CCCNC1CCCC1Sc1nnc(C)o1. The van der Waals surface area contributed by atoms with Crippen LogP contribution in [-0.2, 0) is 0 Å². The van der Waals surface area contributed by atoms with Crippen LogP contribution in [0.4, 0.5) is 0 Å². The number of nitrogens with one attached hydrogen (secondary N) is 1. The molecular weight excluding hydrogens is 222 g/mol. The Morgan fingerprint density at radius 3 is 3.00 bits per heavy atom. The van der Waals surface area contributed by atoms with Crippen molar-refractivity contribution < 1.29 is 4.42 Å². The van der Waals surface area contributed by atoms with Crippen molar-refractivity contribution in [3.05, 3.63) is 5.89 Å². The van der Waals surface area contributed by atoms with Crippen LogP contribution in [0.2, 0.25) is 0 Å². The fourth-order valence-electron chi connectivity index (χ4n) is 2.09. The van der Waals surface area contributed by atoms with Gasteiger partial charge in [-0.3, -0.25) is 0 Å². The molecule has 0 bridgehead atoms. The van der Waals surface area contributed by atoms with Crippen molar-refractivity contribution in [2.24, 2.45) is 0 Å². The maximum Gasteiger partial charge on any atom is 0.276 e. The van der Waals surface area contributed by atoms with Gasteiger partial charge in [0.05, 0.1) is 0 Å². The van der Waals surface area contributed by atoms with Gasteiger partial charge in [0, 0.05) is 18.2 Å². The summed E-state index contributed by atoms with van der Waals surface area (Å²) in [7, 11) is 0. The molecule has 90 valence electrons. The van der Waals surface area contributed by atoms with Gasteiger partial charge in [-0.2, -0.15) is 0 Å². The standard InChI is InChI=1S/C11H19N3OS/c1-3-7-12-9-5-4-6-10(9)16-11-14-13-8(2)15-11/h9-10,12H,3-7H2,1-2H3. The van der Waals surface area contributed by atoms with E-state index in [0.717, 1.165) is 6.54 Å². The van der Waals surface area contributed by atoms with E-state index in [2.05, 4.69) is 22.4 Å². The number of aromatic nitrogens is 2. The molecule has 2 rings (SSSR count). The van der Waals surface area contributed by atoms with Crippen molar-refractivity contribution >= 4 is 11.8 Å². The second-order valence-electron chi connectivity index (χ2n) is 4.23. The number of nitrogens with zero attached hydrogens (tertiary/aromatic N) is 2. The predicted octanol–water partition coefficient (Wildman–Crippen LogP) is 2.39. The van der Waals surface area contributed by atoms with E-state index in [4.69, 9.17) is 4.42 Å². The smallest absolute Gasteiger partial charge is 0.276 e. The third-order valence-electron chi connectivity index (χ3n) is 2.87. The zero-order valence-electron chi connectivity index (χ0n) is 9.90. The van der Waals surface area contributed by atoms with E-state index in [1.807, 2.05) is 6.92 Å². The summed E-state index contributed by atoms with van der Waals surface area (Å²) in [5.74, 6) is 0.651. The first-order valence-electron chi connectivity index (χ1n) is 5.99. The topological polar surface area (TPSA) is 51.0 Å². The normalized spacial score (nSPS) is 25.1. The lowest BCUT2D eigenvalue weighted by Crippen LogP contribution is -2.34. The van der Waals surface area contributed by atoms with Crippen LogP contribution in [0.3, 0.4) is 0 Å². The van der Waals surface area contributed by atoms with Gasteiger partial charge in [-0.25, -0.2) is 0 Å². The Kier molecular flexibility index (Phi) is 4.23. The molecule has 0 saturated heterocycles. The van der Waals surface area contributed by atoms with Crippen molar-refractivity contribution in [2.75, 3.05) is 6.54 Å². The van der Waals surface area contributed by atoms with E-state index in [-0.39, 0.29) is 0 Å². The van der Waals surface area contributed by atoms with Crippen LogP contribution < -0.4 is 5.32 Å². The van der Waals surface area contributed by atoms with Gasteiger partial charge in [0.1, 0.15) is 0 Å². The third kappa shape index (κ3) is 2.98. The summed E-state index contributed by atoms with van der Waals surface area (Å²) < 4.78 is 5.41. The number of thioether (sulfide) groups is 1. The number of rotatable bonds is 5. The van der Waals surface area contributed by atoms with Crippen LogP contribution in [0.5, 0.6) is 0 Å². The molecule has 1 aromatic rings. The van der Waals surface area contributed by atoms with E-state index >= 15 is 0 Å². The number of aryl methyl sites for hydroxylation is 1. The molecule has 1 aliphatic rings. The van der Waals surface area contributed by atoms with Crippen LogP contribution in [0.1, 0.15) is 38.5 Å². The molecule has 1 N–H and O–H groups in total. The van der Waals surface area contributed by atoms with Gasteiger partial charge in [0.15, 0.2) is 0 Å². The Morgan fingerprint density at radius 2 is 2.31 bits per heavy atom. The van der Waals surface area contributed by atoms with Crippen molar-refractivity contribution in [1.82, 2.24) is 15.5 Å². The Labute approximate surface area is 101 Å². The molecule has 0 aromatic carbocycles. The summed E-state index contributed by atoms with van der Waals surface area (Å²) in [6, 6.07) is 0.608. The highest BCUT2D eigenvalue weighted by molar-refractivity contribution is 7.99. The van der Waals surface area contributed by atoms with Gasteiger partial charge < -0.3 is 9.73 Å². The number of hydrogen-bond donors (Lipinski definition) is 1. The molecule has 0 amide bonds. The minimum Gasteiger partial charge on any atom is -0.416 e. The number of hydrogen-bond acceptors (Lipinski definition) is 5. The quantitative estimate of drug-likeness (QED) is 0.857. The summed E-state index contributed by atoms with van der Waals surface area (Å²) in [5.41, 5.74) is 0. The van der Waals surface area contributed by atoms with Gasteiger partial charge >= 0.3 is 0 Å². The summed E-state index contributed by atoms with van der Waals surface area (Å²) in [4.78, 5) is 0. The predicted molar refractivity (Wildman–Crippen MR) is 64.6 cm³/mol. The first-order chi connectivity index (χ1) is 7.79. The van der Waals surface area contributed by atoms with E-state index in [9.17, 15) is 0 Å². The second kappa shape index (κ2) is 5.68. The van der Waals surface area contributed by atoms with E-state index in [1.54, 1.807) is 11.8 Å². The zero-order chi connectivity index (χ0) is 11.4. The Balaban J connectivity index is 1.88. The fourth-order valence-corrected chi connectivity index (χ4v) is 3.28. The third-order valence-corrected chi connectivity index (χ3v) is 4.10. The summed E-state index contributed by atoms with van der Waals surface area (Å²) in [6.07, 6.45) is 5.00. The Hall–Kier alpha value is -0.550. The molecule has 16 heavy (non-hydrogen) atoms. The van der Waals surface area contributed by atoms with Crippen molar-refractivity contribution in [3.8, 4) is 0 Å². The average Bonchev–Trinajstić information content (AvgIpc) is 2.86.